The quantitative estimate of drug-likeness (QED) is 0.511. The molecule has 2 saturated heterocycles. The lowest BCUT2D eigenvalue weighted by Gasteiger charge is -2.22. The van der Waals surface area contributed by atoms with Crippen LogP contribution >= 0.6 is 0 Å². The van der Waals surface area contributed by atoms with Gasteiger partial charge in [0.25, 0.3) is 0 Å². The summed E-state index contributed by atoms with van der Waals surface area (Å²) in [4.78, 5) is 16.2. The molecule has 0 amide bonds. The van der Waals surface area contributed by atoms with Crippen molar-refractivity contribution in [2.24, 2.45) is 5.92 Å². The standard InChI is InChI=1S/C24H25FN6O/c1-13-3-4-16(10-28-13)32-24-29-20-9-17-18(7-15(25)8-19(17)26-2)22(20)23(30-24)31-11-14-5-6-27-21(14)12-31/h3-4,7-8,10,14,21,26-27H,5-6,9,11-12H2,1-2H3. The van der Waals surface area contributed by atoms with Gasteiger partial charge in [0.2, 0.25) is 0 Å². The van der Waals surface area contributed by atoms with Gasteiger partial charge >= 0.3 is 6.01 Å². The van der Waals surface area contributed by atoms with Crippen molar-refractivity contribution in [3.05, 3.63) is 53.2 Å². The van der Waals surface area contributed by atoms with E-state index in [2.05, 4.69) is 20.5 Å². The smallest absolute Gasteiger partial charge is 0.324 e. The van der Waals surface area contributed by atoms with Crippen LogP contribution in [0.3, 0.4) is 0 Å². The van der Waals surface area contributed by atoms with Crippen LogP contribution in [0.2, 0.25) is 0 Å². The molecule has 7 nitrogen and oxygen atoms in total. The van der Waals surface area contributed by atoms with Crippen LogP contribution in [0.25, 0.3) is 11.1 Å². The summed E-state index contributed by atoms with van der Waals surface area (Å²) in [5, 5.41) is 6.73. The van der Waals surface area contributed by atoms with E-state index < -0.39 is 0 Å². The Hall–Kier alpha value is -3.26. The van der Waals surface area contributed by atoms with Crippen LogP contribution in [0.1, 0.15) is 23.4 Å². The Morgan fingerprint density at radius 3 is 2.91 bits per heavy atom. The molecule has 2 unspecified atom stereocenters. The van der Waals surface area contributed by atoms with Gasteiger partial charge in [-0.25, -0.2) is 4.39 Å². The second kappa shape index (κ2) is 7.41. The summed E-state index contributed by atoms with van der Waals surface area (Å²) in [6, 6.07) is 7.67. The minimum absolute atomic E-state index is 0.266. The summed E-state index contributed by atoms with van der Waals surface area (Å²) in [5.74, 6) is 1.76. The van der Waals surface area contributed by atoms with E-state index in [-0.39, 0.29) is 5.82 Å². The van der Waals surface area contributed by atoms with Gasteiger partial charge in [0.1, 0.15) is 17.4 Å². The summed E-state index contributed by atoms with van der Waals surface area (Å²) in [7, 11) is 1.82. The second-order valence-corrected chi connectivity index (χ2v) is 8.81. The van der Waals surface area contributed by atoms with Crippen molar-refractivity contribution in [1.82, 2.24) is 20.3 Å². The fourth-order valence-electron chi connectivity index (χ4n) is 5.23. The Kier molecular flexibility index (Phi) is 4.50. The lowest BCUT2D eigenvalue weighted by molar-refractivity contribution is 0.438. The van der Waals surface area contributed by atoms with Crippen LogP contribution in [-0.2, 0) is 6.42 Å². The molecule has 4 heterocycles. The molecule has 0 saturated carbocycles. The summed E-state index contributed by atoms with van der Waals surface area (Å²) < 4.78 is 20.5. The van der Waals surface area contributed by atoms with Gasteiger partial charge < -0.3 is 20.3 Å². The Labute approximate surface area is 186 Å². The van der Waals surface area contributed by atoms with E-state index in [1.165, 1.54) is 12.5 Å². The van der Waals surface area contributed by atoms with Crippen molar-refractivity contribution >= 4 is 11.5 Å². The highest BCUT2D eigenvalue weighted by Gasteiger charge is 2.39. The van der Waals surface area contributed by atoms with Gasteiger partial charge in [-0.3, -0.25) is 4.98 Å². The Bertz CT molecular complexity index is 1190. The number of anilines is 2. The predicted molar refractivity (Wildman–Crippen MR) is 121 cm³/mol. The molecule has 0 radical (unpaired) electrons. The highest BCUT2D eigenvalue weighted by Crippen LogP contribution is 2.46. The molecular formula is C24H25FN6O. The lowest BCUT2D eigenvalue weighted by atomic mass is 10.0. The Morgan fingerprint density at radius 1 is 1.22 bits per heavy atom. The lowest BCUT2D eigenvalue weighted by Crippen LogP contribution is -2.30. The number of aryl methyl sites for hydroxylation is 1. The third-order valence-corrected chi connectivity index (χ3v) is 6.80. The molecule has 2 fully saturated rings. The number of pyridine rings is 1. The van der Waals surface area contributed by atoms with Crippen molar-refractivity contribution in [3.63, 3.8) is 0 Å². The number of aromatic nitrogens is 3. The zero-order valence-corrected chi connectivity index (χ0v) is 18.2. The van der Waals surface area contributed by atoms with E-state index in [0.717, 1.165) is 59.2 Å². The van der Waals surface area contributed by atoms with E-state index in [9.17, 15) is 4.39 Å². The minimum atomic E-state index is -0.266. The summed E-state index contributed by atoms with van der Waals surface area (Å²) >= 11 is 0. The number of fused-ring (bicyclic) bond motifs is 4. The van der Waals surface area contributed by atoms with Crippen LogP contribution in [0.4, 0.5) is 15.9 Å². The van der Waals surface area contributed by atoms with Crippen molar-refractivity contribution in [2.45, 2.75) is 25.8 Å². The zero-order chi connectivity index (χ0) is 21.8. The number of hydrogen-bond acceptors (Lipinski definition) is 7. The topological polar surface area (TPSA) is 75.2 Å². The number of rotatable bonds is 4. The van der Waals surface area contributed by atoms with Crippen molar-refractivity contribution in [3.8, 4) is 22.9 Å². The number of halogens is 1. The largest absolute Gasteiger partial charge is 0.423 e. The molecule has 32 heavy (non-hydrogen) atoms. The van der Waals surface area contributed by atoms with Crippen LogP contribution in [-0.4, -0.2) is 47.7 Å². The van der Waals surface area contributed by atoms with E-state index in [1.54, 1.807) is 12.3 Å². The maximum absolute atomic E-state index is 14.5. The van der Waals surface area contributed by atoms with Gasteiger partial charge in [0.05, 0.1) is 11.9 Å². The number of nitrogens with zero attached hydrogens (tertiary/aromatic N) is 4. The van der Waals surface area contributed by atoms with Gasteiger partial charge in [-0.1, -0.05) is 0 Å². The first-order valence-corrected chi connectivity index (χ1v) is 11.1. The average Bonchev–Trinajstić information content (AvgIpc) is 3.47. The van der Waals surface area contributed by atoms with Gasteiger partial charge in [-0.05, 0) is 61.2 Å². The number of hydrogen-bond donors (Lipinski definition) is 2. The maximum atomic E-state index is 14.5. The normalized spacial score (nSPS) is 20.8. The molecular weight excluding hydrogens is 407 g/mol. The molecule has 2 aromatic heterocycles. The third-order valence-electron chi connectivity index (χ3n) is 6.80. The summed E-state index contributed by atoms with van der Waals surface area (Å²) in [5.41, 5.74) is 5.41. The third kappa shape index (κ3) is 3.17. The molecule has 0 spiro atoms. The predicted octanol–water partition coefficient (Wildman–Crippen LogP) is 3.52. The summed E-state index contributed by atoms with van der Waals surface area (Å²) in [6.07, 6.45) is 3.46. The fourth-order valence-corrected chi connectivity index (χ4v) is 5.23. The first-order chi connectivity index (χ1) is 15.6. The van der Waals surface area contributed by atoms with Crippen molar-refractivity contribution in [1.29, 1.82) is 0 Å². The van der Waals surface area contributed by atoms with Gasteiger partial charge in [0, 0.05) is 49.5 Å². The Balaban J connectivity index is 1.46. The molecule has 1 aromatic carbocycles. The maximum Gasteiger partial charge on any atom is 0.324 e. The first kappa shape index (κ1) is 19.4. The minimum Gasteiger partial charge on any atom is -0.423 e. The van der Waals surface area contributed by atoms with E-state index in [1.807, 2.05) is 26.1 Å². The molecule has 1 aliphatic carbocycles. The van der Waals surface area contributed by atoms with E-state index in [0.29, 0.717) is 30.1 Å². The second-order valence-electron chi connectivity index (χ2n) is 8.81. The van der Waals surface area contributed by atoms with E-state index in [4.69, 9.17) is 14.7 Å². The van der Waals surface area contributed by atoms with Crippen LogP contribution in [0.15, 0.2) is 30.5 Å². The molecule has 0 bridgehead atoms. The zero-order valence-electron chi connectivity index (χ0n) is 18.2. The van der Waals surface area contributed by atoms with E-state index >= 15 is 0 Å². The van der Waals surface area contributed by atoms with Gasteiger partial charge in [0.15, 0.2) is 0 Å². The molecule has 2 N–H and O–H groups in total. The number of nitrogens with one attached hydrogen (secondary N) is 2. The van der Waals surface area contributed by atoms with Crippen LogP contribution in [0, 0.1) is 18.7 Å². The Morgan fingerprint density at radius 2 is 2.12 bits per heavy atom. The van der Waals surface area contributed by atoms with Crippen molar-refractivity contribution in [2.75, 3.05) is 36.9 Å². The molecule has 164 valence electrons. The number of ether oxygens (including phenoxy) is 1. The molecule has 2 atom stereocenters. The van der Waals surface area contributed by atoms with Gasteiger partial charge in [-0.15, -0.1) is 0 Å². The van der Waals surface area contributed by atoms with Gasteiger partial charge in [-0.2, -0.15) is 9.97 Å². The summed E-state index contributed by atoms with van der Waals surface area (Å²) in [6.45, 7) is 4.81. The highest BCUT2D eigenvalue weighted by atomic mass is 19.1. The molecule has 6 rings (SSSR count). The monoisotopic (exact) mass is 432 g/mol. The fraction of sp³-hybridized carbons (Fsp3) is 0.375. The van der Waals surface area contributed by atoms with Crippen LogP contribution in [0.5, 0.6) is 11.8 Å². The molecule has 3 aromatic rings. The average molecular weight is 433 g/mol. The highest BCUT2D eigenvalue weighted by molar-refractivity contribution is 5.88. The molecule has 3 aliphatic rings. The molecule has 2 aliphatic heterocycles. The number of benzene rings is 1. The van der Waals surface area contributed by atoms with Crippen LogP contribution < -0.4 is 20.3 Å². The van der Waals surface area contributed by atoms with Crippen molar-refractivity contribution < 1.29 is 9.13 Å². The SMILES string of the molecule is CNc1cc(F)cc2c1Cc1nc(Oc3ccc(C)nc3)nc(N3CC4CCNC4C3)c1-2. The molecule has 8 heteroatoms. The first-order valence-electron chi connectivity index (χ1n) is 11.1.